The topological polar surface area (TPSA) is 17.1 Å². The van der Waals surface area contributed by atoms with Gasteiger partial charge in [-0.15, -0.1) is 0 Å². The molecule has 0 aromatic carbocycles. The lowest BCUT2D eigenvalue weighted by Gasteiger charge is -2.12. The van der Waals surface area contributed by atoms with Crippen molar-refractivity contribution in [2.45, 2.75) is 33.6 Å². The van der Waals surface area contributed by atoms with Gasteiger partial charge in [0.05, 0.1) is 0 Å². The van der Waals surface area contributed by atoms with Crippen molar-refractivity contribution in [3.63, 3.8) is 0 Å². The zero-order valence-electron chi connectivity index (χ0n) is 6.48. The Morgan fingerprint density at radius 3 is 2.22 bits per heavy atom. The summed E-state index contributed by atoms with van der Waals surface area (Å²) >= 11 is 0. The molecule has 0 aliphatic heterocycles. The van der Waals surface area contributed by atoms with Gasteiger partial charge >= 0.3 is 0 Å². The van der Waals surface area contributed by atoms with E-state index in [9.17, 15) is 4.79 Å². The van der Waals surface area contributed by atoms with Crippen LogP contribution in [0.1, 0.15) is 33.6 Å². The van der Waals surface area contributed by atoms with Crippen molar-refractivity contribution >= 4 is 6.29 Å². The van der Waals surface area contributed by atoms with Crippen LogP contribution in [0.4, 0.5) is 0 Å². The SMILES string of the molecule is CC(C)C(C)CC[C]=O. The van der Waals surface area contributed by atoms with Crippen molar-refractivity contribution in [2.75, 3.05) is 0 Å². The fourth-order valence-electron chi connectivity index (χ4n) is 0.620. The van der Waals surface area contributed by atoms with E-state index in [1.165, 1.54) is 0 Å². The lowest BCUT2D eigenvalue weighted by Crippen LogP contribution is -2.03. The molecule has 0 aliphatic rings. The number of hydrogen-bond donors (Lipinski definition) is 0. The molecule has 53 valence electrons. The third-order valence-electron chi connectivity index (χ3n) is 1.84. The average Bonchev–Trinajstić information content (AvgIpc) is 1.82. The van der Waals surface area contributed by atoms with Crippen LogP contribution < -0.4 is 0 Å². The van der Waals surface area contributed by atoms with Gasteiger partial charge in [-0.25, -0.2) is 0 Å². The third kappa shape index (κ3) is 4.19. The number of rotatable bonds is 4. The summed E-state index contributed by atoms with van der Waals surface area (Å²) in [4.78, 5) is 9.81. The molecule has 1 heteroatoms. The molecule has 0 spiro atoms. The molecule has 0 aromatic rings. The lowest BCUT2D eigenvalue weighted by molar-refractivity contribution is 0.395. The quantitative estimate of drug-likeness (QED) is 0.565. The molecule has 0 N–H and O–H groups in total. The Bertz CT molecular complexity index is 76.6. The largest absolute Gasteiger partial charge is 0.291 e. The molecule has 0 rings (SSSR count). The maximum absolute atomic E-state index is 9.81. The third-order valence-corrected chi connectivity index (χ3v) is 1.84. The van der Waals surface area contributed by atoms with Crippen LogP contribution in [-0.4, -0.2) is 6.29 Å². The van der Waals surface area contributed by atoms with Crippen LogP contribution in [-0.2, 0) is 4.79 Å². The fraction of sp³-hybridized carbons (Fsp3) is 0.875. The monoisotopic (exact) mass is 127 g/mol. The first-order chi connectivity index (χ1) is 4.18. The molecule has 1 unspecified atom stereocenters. The lowest BCUT2D eigenvalue weighted by atomic mass is 9.94. The van der Waals surface area contributed by atoms with Crippen LogP contribution in [0.2, 0.25) is 0 Å². The Balaban J connectivity index is 3.26. The smallest absolute Gasteiger partial charge is 0.198 e. The summed E-state index contributed by atoms with van der Waals surface area (Å²) in [5.41, 5.74) is 0. The first-order valence-electron chi connectivity index (χ1n) is 3.53. The predicted molar refractivity (Wildman–Crippen MR) is 38.9 cm³/mol. The molecule has 0 aromatic heterocycles. The molecule has 0 fully saturated rings. The van der Waals surface area contributed by atoms with E-state index in [2.05, 4.69) is 20.8 Å². The van der Waals surface area contributed by atoms with Crippen molar-refractivity contribution in [2.24, 2.45) is 11.8 Å². The molecule has 0 bridgehead atoms. The van der Waals surface area contributed by atoms with E-state index < -0.39 is 0 Å². The summed E-state index contributed by atoms with van der Waals surface area (Å²) in [6.45, 7) is 6.52. The maximum atomic E-state index is 9.81. The second-order valence-electron chi connectivity index (χ2n) is 2.90. The van der Waals surface area contributed by atoms with Crippen molar-refractivity contribution in [3.8, 4) is 0 Å². The van der Waals surface area contributed by atoms with Crippen LogP contribution in [0, 0.1) is 11.8 Å². The van der Waals surface area contributed by atoms with Gasteiger partial charge in [0, 0.05) is 6.42 Å². The second-order valence-corrected chi connectivity index (χ2v) is 2.90. The van der Waals surface area contributed by atoms with Crippen molar-refractivity contribution in [1.29, 1.82) is 0 Å². The zero-order valence-corrected chi connectivity index (χ0v) is 6.48. The molecule has 0 heterocycles. The average molecular weight is 127 g/mol. The van der Waals surface area contributed by atoms with E-state index in [0.29, 0.717) is 18.3 Å². The summed E-state index contributed by atoms with van der Waals surface area (Å²) < 4.78 is 0. The van der Waals surface area contributed by atoms with Crippen molar-refractivity contribution in [3.05, 3.63) is 0 Å². The van der Waals surface area contributed by atoms with Crippen molar-refractivity contribution in [1.82, 2.24) is 0 Å². The van der Waals surface area contributed by atoms with Crippen LogP contribution in [0.25, 0.3) is 0 Å². The van der Waals surface area contributed by atoms with Crippen LogP contribution in [0.5, 0.6) is 0 Å². The van der Waals surface area contributed by atoms with Gasteiger partial charge in [0.2, 0.25) is 0 Å². The minimum atomic E-state index is 0.597. The van der Waals surface area contributed by atoms with Gasteiger partial charge in [-0.3, -0.25) is 4.79 Å². The molecule has 0 saturated carbocycles. The van der Waals surface area contributed by atoms with Gasteiger partial charge in [-0.05, 0) is 18.3 Å². The maximum Gasteiger partial charge on any atom is 0.198 e. The summed E-state index contributed by atoms with van der Waals surface area (Å²) in [7, 11) is 0. The van der Waals surface area contributed by atoms with Crippen molar-refractivity contribution < 1.29 is 4.79 Å². The molecule has 0 aliphatic carbocycles. The van der Waals surface area contributed by atoms with Gasteiger partial charge in [0.15, 0.2) is 6.29 Å². The fourth-order valence-corrected chi connectivity index (χ4v) is 0.620. The summed E-state index contributed by atoms with van der Waals surface area (Å²) in [5.74, 6) is 1.35. The zero-order chi connectivity index (χ0) is 7.28. The highest BCUT2D eigenvalue weighted by Crippen LogP contribution is 2.14. The molecular weight excluding hydrogens is 112 g/mol. The highest BCUT2D eigenvalue weighted by molar-refractivity contribution is 5.50. The van der Waals surface area contributed by atoms with Gasteiger partial charge in [0.1, 0.15) is 0 Å². The van der Waals surface area contributed by atoms with Gasteiger partial charge in [-0.2, -0.15) is 0 Å². The predicted octanol–water partition coefficient (Wildman–Crippen LogP) is 2.17. The summed E-state index contributed by atoms with van der Waals surface area (Å²) in [6, 6.07) is 0. The minimum Gasteiger partial charge on any atom is -0.291 e. The van der Waals surface area contributed by atoms with Crippen LogP contribution in [0.3, 0.4) is 0 Å². The van der Waals surface area contributed by atoms with Gasteiger partial charge in [0.25, 0.3) is 0 Å². The van der Waals surface area contributed by atoms with Crippen LogP contribution >= 0.6 is 0 Å². The molecular formula is C8H15O. The Kier molecular flexibility index (Phi) is 4.37. The Labute approximate surface area is 57.5 Å². The second kappa shape index (κ2) is 4.54. The van der Waals surface area contributed by atoms with E-state index in [4.69, 9.17) is 0 Å². The van der Waals surface area contributed by atoms with Crippen LogP contribution in [0.15, 0.2) is 0 Å². The van der Waals surface area contributed by atoms with E-state index in [-0.39, 0.29) is 0 Å². The number of carbonyl (C=O) groups excluding carboxylic acids is 1. The Hall–Kier alpha value is -0.330. The molecule has 1 nitrogen and oxygen atoms in total. The summed E-state index contributed by atoms with van der Waals surface area (Å²) in [6.07, 6.45) is 3.49. The van der Waals surface area contributed by atoms with E-state index in [0.717, 1.165) is 6.42 Å². The minimum absolute atomic E-state index is 0.597. The first-order valence-corrected chi connectivity index (χ1v) is 3.53. The van der Waals surface area contributed by atoms with Gasteiger partial charge in [-0.1, -0.05) is 20.8 Å². The van der Waals surface area contributed by atoms with Gasteiger partial charge < -0.3 is 0 Å². The molecule has 9 heavy (non-hydrogen) atoms. The Morgan fingerprint density at radius 2 is 1.89 bits per heavy atom. The molecule has 1 atom stereocenters. The Morgan fingerprint density at radius 1 is 1.33 bits per heavy atom. The first kappa shape index (κ1) is 8.67. The molecule has 0 saturated heterocycles. The normalized spacial score (nSPS) is 13.8. The standard InChI is InChI=1S/C8H15O/c1-7(2)8(3)5-4-6-9/h7-8H,4-5H2,1-3H3. The highest BCUT2D eigenvalue weighted by atomic mass is 16.1. The molecule has 0 amide bonds. The van der Waals surface area contributed by atoms with E-state index >= 15 is 0 Å². The van der Waals surface area contributed by atoms with E-state index in [1.54, 1.807) is 0 Å². The summed E-state index contributed by atoms with van der Waals surface area (Å²) in [5, 5.41) is 0. The highest BCUT2D eigenvalue weighted by Gasteiger charge is 2.05. The molecule has 1 radical (unpaired) electrons. The van der Waals surface area contributed by atoms with E-state index in [1.807, 2.05) is 6.29 Å². The number of hydrogen-bond acceptors (Lipinski definition) is 1.